The molecule has 0 saturated carbocycles. The Morgan fingerprint density at radius 3 is 2.54 bits per heavy atom. The average Bonchev–Trinajstić information content (AvgIpc) is 3.22. The zero-order valence-corrected chi connectivity index (χ0v) is 14.9. The van der Waals surface area contributed by atoms with Gasteiger partial charge in [0.25, 0.3) is 0 Å². The summed E-state index contributed by atoms with van der Waals surface area (Å²) in [5.41, 5.74) is 3.12. The fourth-order valence-corrected chi connectivity index (χ4v) is 3.63. The molecule has 0 spiro atoms. The van der Waals surface area contributed by atoms with Gasteiger partial charge in [0, 0.05) is 18.0 Å². The van der Waals surface area contributed by atoms with Crippen LogP contribution in [0.5, 0.6) is 0 Å². The van der Waals surface area contributed by atoms with Gasteiger partial charge in [-0.05, 0) is 12.1 Å². The summed E-state index contributed by atoms with van der Waals surface area (Å²) in [6.07, 6.45) is 0. The van der Waals surface area contributed by atoms with Gasteiger partial charge >= 0.3 is 5.69 Å². The number of imidazole rings is 1. The van der Waals surface area contributed by atoms with Crippen molar-refractivity contribution in [3.05, 3.63) is 70.5 Å². The number of rotatable bonds is 4. The number of hydrogen-bond acceptors (Lipinski definition) is 4. The van der Waals surface area contributed by atoms with Crippen molar-refractivity contribution in [3.8, 4) is 11.3 Å². The summed E-state index contributed by atoms with van der Waals surface area (Å²) in [6.45, 7) is -0.0551. The van der Waals surface area contributed by atoms with E-state index in [1.54, 1.807) is 11.6 Å². The average molecular weight is 364 g/mol. The van der Waals surface area contributed by atoms with Crippen LogP contribution < -0.4 is 11.0 Å². The predicted molar refractivity (Wildman–Crippen MR) is 103 cm³/mol. The van der Waals surface area contributed by atoms with E-state index in [1.165, 1.54) is 15.9 Å². The first-order valence-electron chi connectivity index (χ1n) is 8.08. The Morgan fingerprint density at radius 1 is 1.08 bits per heavy atom. The van der Waals surface area contributed by atoms with Crippen LogP contribution in [0.3, 0.4) is 0 Å². The third-order valence-corrected chi connectivity index (χ3v) is 4.93. The molecule has 0 radical (unpaired) electrons. The van der Waals surface area contributed by atoms with Crippen LogP contribution in [-0.2, 0) is 18.4 Å². The maximum Gasteiger partial charge on any atom is 0.329 e. The molecule has 4 aromatic rings. The standard InChI is InChI=1S/C19H16N4O2S/c1-22-15-9-5-6-10-16(15)23(19(22)25)11-17(24)21-18-20-14(12-26-18)13-7-3-2-4-8-13/h2-10,12H,11H2,1H3,(H,20,21,24). The van der Waals surface area contributed by atoms with Gasteiger partial charge in [0.05, 0.1) is 16.7 Å². The van der Waals surface area contributed by atoms with Gasteiger partial charge in [-0.1, -0.05) is 42.5 Å². The van der Waals surface area contributed by atoms with E-state index < -0.39 is 0 Å². The van der Waals surface area contributed by atoms with E-state index in [-0.39, 0.29) is 18.1 Å². The Balaban J connectivity index is 1.55. The first-order chi connectivity index (χ1) is 12.6. The van der Waals surface area contributed by atoms with Crippen molar-refractivity contribution in [3.63, 3.8) is 0 Å². The Labute approximate surface area is 153 Å². The number of benzene rings is 2. The molecular weight excluding hydrogens is 348 g/mol. The van der Waals surface area contributed by atoms with E-state index in [0.29, 0.717) is 5.13 Å². The van der Waals surface area contributed by atoms with Crippen LogP contribution in [0.25, 0.3) is 22.3 Å². The lowest BCUT2D eigenvalue weighted by Gasteiger charge is -2.03. The second kappa shape index (κ2) is 6.61. The smallest absolute Gasteiger partial charge is 0.300 e. The highest BCUT2D eigenvalue weighted by molar-refractivity contribution is 7.14. The minimum absolute atomic E-state index is 0.0551. The first kappa shape index (κ1) is 16.3. The number of nitrogens with zero attached hydrogens (tertiary/aromatic N) is 3. The monoisotopic (exact) mass is 364 g/mol. The molecule has 0 aliphatic rings. The minimum Gasteiger partial charge on any atom is -0.300 e. The van der Waals surface area contributed by atoms with E-state index in [1.807, 2.05) is 60.0 Å². The van der Waals surface area contributed by atoms with Crippen molar-refractivity contribution in [2.75, 3.05) is 5.32 Å². The molecule has 2 aromatic heterocycles. The number of carbonyl (C=O) groups excluding carboxylic acids is 1. The first-order valence-corrected chi connectivity index (χ1v) is 8.96. The molecule has 130 valence electrons. The number of carbonyl (C=O) groups is 1. The van der Waals surface area contributed by atoms with Crippen LogP contribution in [0.15, 0.2) is 64.8 Å². The summed E-state index contributed by atoms with van der Waals surface area (Å²) in [5, 5.41) is 5.19. The number of aromatic nitrogens is 3. The number of aryl methyl sites for hydroxylation is 1. The molecule has 0 aliphatic carbocycles. The summed E-state index contributed by atoms with van der Waals surface area (Å²) in [5.74, 6) is -0.280. The van der Waals surface area contributed by atoms with Crippen molar-refractivity contribution in [2.45, 2.75) is 6.54 Å². The van der Waals surface area contributed by atoms with Gasteiger partial charge in [-0.3, -0.25) is 13.9 Å². The molecule has 2 heterocycles. The number of anilines is 1. The zero-order valence-electron chi connectivity index (χ0n) is 14.0. The second-order valence-corrected chi connectivity index (χ2v) is 6.73. The molecule has 26 heavy (non-hydrogen) atoms. The third-order valence-electron chi connectivity index (χ3n) is 4.17. The highest BCUT2D eigenvalue weighted by Gasteiger charge is 2.14. The molecule has 6 nitrogen and oxygen atoms in total. The van der Waals surface area contributed by atoms with Crippen LogP contribution in [0.4, 0.5) is 5.13 Å². The minimum atomic E-state index is -0.280. The maximum atomic E-state index is 12.4. The molecule has 1 amide bonds. The third kappa shape index (κ3) is 2.93. The van der Waals surface area contributed by atoms with E-state index in [0.717, 1.165) is 22.3 Å². The SMILES string of the molecule is Cn1c(=O)n(CC(=O)Nc2nc(-c3ccccc3)cs2)c2ccccc21. The number of para-hydroxylation sites is 2. The molecule has 0 bridgehead atoms. The largest absolute Gasteiger partial charge is 0.329 e. The summed E-state index contributed by atoms with van der Waals surface area (Å²) in [4.78, 5) is 29.3. The van der Waals surface area contributed by atoms with E-state index >= 15 is 0 Å². The van der Waals surface area contributed by atoms with Gasteiger partial charge in [-0.15, -0.1) is 11.3 Å². The Kier molecular flexibility index (Phi) is 4.14. The summed E-state index contributed by atoms with van der Waals surface area (Å²) < 4.78 is 3.01. The summed E-state index contributed by atoms with van der Waals surface area (Å²) in [7, 11) is 1.70. The Morgan fingerprint density at radius 2 is 1.77 bits per heavy atom. The fraction of sp³-hybridized carbons (Fsp3) is 0.105. The van der Waals surface area contributed by atoms with Crippen molar-refractivity contribution in [2.24, 2.45) is 7.05 Å². The van der Waals surface area contributed by atoms with Gasteiger partial charge < -0.3 is 5.32 Å². The maximum absolute atomic E-state index is 12.4. The van der Waals surface area contributed by atoms with Crippen LogP contribution in [0, 0.1) is 0 Å². The molecule has 0 unspecified atom stereocenters. The highest BCUT2D eigenvalue weighted by atomic mass is 32.1. The topological polar surface area (TPSA) is 68.9 Å². The molecule has 1 N–H and O–H groups in total. The molecule has 0 atom stereocenters. The van der Waals surface area contributed by atoms with E-state index in [9.17, 15) is 9.59 Å². The number of fused-ring (bicyclic) bond motifs is 1. The van der Waals surface area contributed by atoms with Crippen molar-refractivity contribution < 1.29 is 4.79 Å². The van der Waals surface area contributed by atoms with Crippen molar-refractivity contribution in [1.82, 2.24) is 14.1 Å². The molecular formula is C19H16N4O2S. The number of hydrogen-bond donors (Lipinski definition) is 1. The fourth-order valence-electron chi connectivity index (χ4n) is 2.89. The highest BCUT2D eigenvalue weighted by Crippen LogP contribution is 2.24. The molecule has 0 saturated heterocycles. The van der Waals surface area contributed by atoms with E-state index in [2.05, 4.69) is 10.3 Å². The van der Waals surface area contributed by atoms with Crippen LogP contribution in [0.2, 0.25) is 0 Å². The van der Waals surface area contributed by atoms with Crippen molar-refractivity contribution >= 4 is 33.4 Å². The summed E-state index contributed by atoms with van der Waals surface area (Å²) >= 11 is 1.36. The quantitative estimate of drug-likeness (QED) is 0.605. The Bertz CT molecular complexity index is 1140. The number of nitrogens with one attached hydrogen (secondary N) is 1. The molecule has 0 aliphatic heterocycles. The molecule has 4 rings (SSSR count). The van der Waals surface area contributed by atoms with Crippen molar-refractivity contribution in [1.29, 1.82) is 0 Å². The molecule has 2 aromatic carbocycles. The van der Waals surface area contributed by atoms with Crippen LogP contribution >= 0.6 is 11.3 Å². The van der Waals surface area contributed by atoms with Gasteiger partial charge in [0.15, 0.2) is 5.13 Å². The Hall–Kier alpha value is -3.19. The van der Waals surface area contributed by atoms with Gasteiger partial charge in [-0.2, -0.15) is 0 Å². The van der Waals surface area contributed by atoms with Gasteiger partial charge in [0.1, 0.15) is 6.54 Å². The molecule has 7 heteroatoms. The van der Waals surface area contributed by atoms with Crippen LogP contribution in [0.1, 0.15) is 0 Å². The lowest BCUT2D eigenvalue weighted by atomic mass is 10.2. The second-order valence-electron chi connectivity index (χ2n) is 5.87. The number of thiazole rings is 1. The predicted octanol–water partition coefficient (Wildman–Crippen LogP) is 3.10. The van der Waals surface area contributed by atoms with Crippen LogP contribution in [-0.4, -0.2) is 20.0 Å². The lowest BCUT2D eigenvalue weighted by Crippen LogP contribution is -2.28. The van der Waals surface area contributed by atoms with E-state index in [4.69, 9.17) is 0 Å². The van der Waals surface area contributed by atoms with Gasteiger partial charge in [0.2, 0.25) is 5.91 Å². The normalized spacial score (nSPS) is 11.0. The van der Waals surface area contributed by atoms with Gasteiger partial charge in [-0.25, -0.2) is 9.78 Å². The lowest BCUT2D eigenvalue weighted by molar-refractivity contribution is -0.116. The number of amides is 1. The zero-order chi connectivity index (χ0) is 18.1. The molecule has 0 fully saturated rings. The summed E-state index contributed by atoms with van der Waals surface area (Å²) in [6, 6.07) is 17.2.